The Labute approximate surface area is 407 Å². The average Bonchev–Trinajstić information content (AvgIpc) is 3.35. The molecule has 4 aliphatic rings. The number of hydrogen-bond acceptors (Lipinski definition) is 11. The molecule has 2 heterocycles. The lowest BCUT2D eigenvalue weighted by Crippen LogP contribution is -2.70. The summed E-state index contributed by atoms with van der Waals surface area (Å²) in [5.74, 6) is 0.243. The van der Waals surface area contributed by atoms with Gasteiger partial charge >= 0.3 is 0 Å². The van der Waals surface area contributed by atoms with Gasteiger partial charge in [0.15, 0.2) is 0 Å². The minimum absolute atomic E-state index is 0.00398. The van der Waals surface area contributed by atoms with Crippen molar-refractivity contribution in [3.8, 4) is 17.2 Å². The minimum atomic E-state index is -1.38. The third kappa shape index (κ3) is 14.2. The van der Waals surface area contributed by atoms with Crippen LogP contribution in [0.2, 0.25) is 0 Å². The van der Waals surface area contributed by atoms with Crippen LogP contribution in [0.1, 0.15) is 158 Å². The number of carbonyl (C=O) groups excluding carboxylic acids is 1. The van der Waals surface area contributed by atoms with Crippen LogP contribution in [0.15, 0.2) is 65.9 Å². The molecule has 7 atom stereocenters. The highest BCUT2D eigenvalue weighted by Gasteiger charge is 2.65. The van der Waals surface area contributed by atoms with E-state index >= 15 is 4.79 Å². The fourth-order valence-corrected chi connectivity index (χ4v) is 11.1. The van der Waals surface area contributed by atoms with Crippen molar-refractivity contribution in [1.29, 1.82) is 0 Å². The van der Waals surface area contributed by atoms with Gasteiger partial charge in [0.1, 0.15) is 23.3 Å². The van der Waals surface area contributed by atoms with Gasteiger partial charge in [0.25, 0.3) is 0 Å². The van der Waals surface area contributed by atoms with Crippen LogP contribution in [0.3, 0.4) is 0 Å². The standard InChI is InChI=1S/C56H84N2O10/c1-5-7-8-9-10-11-12-13-14-23-52(62)58(29-35-63-36-32-61)51-40-49(57-68-53-24-17-20-34-64-53)47-38-43(21-15-18-30-59)46(22-16-19-31-60)54-48-39-45(66-44-26-25-41(3)42(4)37-44)27-28-50(48)67-56(51,55(47)54)65-33-6-2/h6,25-28,37-39,43,46,51,53-55,59-61H,2,5,7-24,29-36,40H2,1,3-4H3/t43-,46+,51-,53?,54+,55+,56+/m0/s1. The third-order valence-electron chi connectivity index (χ3n) is 14.7. The number of aliphatic hydroxyl groups is 3. The van der Waals surface area contributed by atoms with E-state index in [0.717, 1.165) is 92.4 Å². The van der Waals surface area contributed by atoms with Crippen LogP contribution in [0.5, 0.6) is 17.2 Å². The summed E-state index contributed by atoms with van der Waals surface area (Å²) in [4.78, 5) is 23.3. The molecule has 3 N–H and O–H groups in total. The molecule has 1 amide bonds. The van der Waals surface area contributed by atoms with Crippen LogP contribution >= 0.6 is 0 Å². The second-order valence-corrected chi connectivity index (χ2v) is 19.5. The lowest BCUT2D eigenvalue weighted by molar-refractivity contribution is -0.258. The van der Waals surface area contributed by atoms with Crippen molar-refractivity contribution in [1.82, 2.24) is 4.90 Å². The molecule has 1 saturated heterocycles. The lowest BCUT2D eigenvalue weighted by atomic mass is 9.55. The molecule has 0 radical (unpaired) electrons. The summed E-state index contributed by atoms with van der Waals surface area (Å²) < 4.78 is 33.3. The monoisotopic (exact) mass is 945 g/mol. The highest BCUT2D eigenvalue weighted by atomic mass is 16.8. The van der Waals surface area contributed by atoms with Crippen molar-refractivity contribution >= 4 is 11.6 Å². The second kappa shape index (κ2) is 28.2. The first-order valence-corrected chi connectivity index (χ1v) is 26.4. The second-order valence-electron chi connectivity index (χ2n) is 19.5. The Hall–Kier alpha value is -3.78. The van der Waals surface area contributed by atoms with Gasteiger partial charge in [-0.1, -0.05) is 94.5 Å². The van der Waals surface area contributed by atoms with Crippen LogP contribution in [0.4, 0.5) is 0 Å². The zero-order valence-electron chi connectivity index (χ0n) is 41.7. The number of benzene rings is 2. The van der Waals surface area contributed by atoms with Crippen molar-refractivity contribution in [3.63, 3.8) is 0 Å². The molecular weight excluding hydrogens is 861 g/mol. The summed E-state index contributed by atoms with van der Waals surface area (Å²) in [6, 6.07) is 11.5. The first-order valence-electron chi connectivity index (χ1n) is 26.4. The van der Waals surface area contributed by atoms with Gasteiger partial charge in [-0.2, -0.15) is 0 Å². The number of aryl methyl sites for hydroxylation is 2. The summed E-state index contributed by atoms with van der Waals surface area (Å²) in [5, 5.41) is 34.8. The molecule has 12 heteroatoms. The van der Waals surface area contributed by atoms with Crippen molar-refractivity contribution in [2.45, 2.75) is 173 Å². The van der Waals surface area contributed by atoms with E-state index in [0.29, 0.717) is 43.8 Å². The van der Waals surface area contributed by atoms with Crippen LogP contribution in [0.25, 0.3) is 0 Å². The van der Waals surface area contributed by atoms with Gasteiger partial charge in [0.05, 0.1) is 44.7 Å². The van der Waals surface area contributed by atoms with Gasteiger partial charge < -0.3 is 48.7 Å². The van der Waals surface area contributed by atoms with E-state index in [9.17, 15) is 15.3 Å². The first-order chi connectivity index (χ1) is 33.3. The SMILES string of the molecule is C=CCO[C@@]12Oc3ccc(Oc4ccc(C)c(C)c4)cc3[C@H]3[C@H](CCCCO)[C@@H](CCCCO)C=C(C(=NOC4CCCCO4)C[C@@H]1N(CCOCCO)C(=O)CCCCCCCCCCC)[C@H]32. The molecule has 0 bridgehead atoms. The Morgan fingerprint density at radius 1 is 0.868 bits per heavy atom. The van der Waals surface area contributed by atoms with E-state index in [-0.39, 0.29) is 69.8 Å². The number of rotatable bonds is 31. The minimum Gasteiger partial charge on any atom is -0.459 e. The molecule has 1 unspecified atom stereocenters. The van der Waals surface area contributed by atoms with Gasteiger partial charge in [-0.25, -0.2) is 0 Å². The molecule has 12 nitrogen and oxygen atoms in total. The fraction of sp³-hybridized carbons (Fsp3) is 0.679. The molecule has 6 rings (SSSR count). The number of nitrogens with zero attached hydrogens (tertiary/aromatic N) is 2. The number of fused-ring (bicyclic) bond motifs is 2. The van der Waals surface area contributed by atoms with Crippen molar-refractivity contribution < 1.29 is 48.6 Å². The molecular formula is C56H84N2O10. The van der Waals surface area contributed by atoms with Gasteiger partial charge in [-0.3, -0.25) is 4.79 Å². The predicted molar refractivity (Wildman–Crippen MR) is 267 cm³/mol. The molecule has 378 valence electrons. The normalized spacial score (nSPS) is 24.7. The number of hydrogen-bond donors (Lipinski definition) is 3. The largest absolute Gasteiger partial charge is 0.459 e. The summed E-state index contributed by atoms with van der Waals surface area (Å²) in [6.07, 6.45) is 22.0. The predicted octanol–water partition coefficient (Wildman–Crippen LogP) is 11.0. The van der Waals surface area contributed by atoms with Crippen molar-refractivity contribution in [2.24, 2.45) is 22.9 Å². The van der Waals surface area contributed by atoms with E-state index in [1.54, 1.807) is 6.08 Å². The Kier molecular flexibility index (Phi) is 22.2. The molecule has 2 aliphatic heterocycles. The number of allylic oxidation sites excluding steroid dienone is 1. The smallest absolute Gasteiger partial charge is 0.239 e. The Morgan fingerprint density at radius 2 is 1.60 bits per heavy atom. The van der Waals surface area contributed by atoms with E-state index in [4.69, 9.17) is 33.7 Å². The first kappa shape index (κ1) is 53.6. The van der Waals surface area contributed by atoms with Crippen LogP contribution in [-0.4, -0.2) is 103 Å². The average molecular weight is 945 g/mol. The molecule has 0 aromatic heterocycles. The number of aliphatic hydroxyl groups excluding tert-OH is 3. The molecule has 68 heavy (non-hydrogen) atoms. The Morgan fingerprint density at radius 3 is 2.31 bits per heavy atom. The van der Waals surface area contributed by atoms with Crippen molar-refractivity contribution in [2.75, 3.05) is 52.8 Å². The maximum absolute atomic E-state index is 15.0. The molecule has 2 aromatic rings. The van der Waals surface area contributed by atoms with Crippen LogP contribution in [0, 0.1) is 31.6 Å². The number of amides is 1. The van der Waals surface area contributed by atoms with E-state index in [1.807, 2.05) is 23.1 Å². The summed E-state index contributed by atoms with van der Waals surface area (Å²) in [5.41, 5.74) is 5.05. The highest BCUT2D eigenvalue weighted by Crippen LogP contribution is 2.62. The van der Waals surface area contributed by atoms with Gasteiger partial charge in [0, 0.05) is 50.5 Å². The number of unbranched alkanes of at least 4 members (excludes halogenated alkanes) is 10. The Bertz CT molecular complexity index is 1910. The lowest BCUT2D eigenvalue weighted by Gasteiger charge is -2.60. The topological polar surface area (TPSA) is 149 Å². The Balaban J connectivity index is 1.49. The molecule has 2 aliphatic carbocycles. The van der Waals surface area contributed by atoms with E-state index in [2.05, 4.69) is 51.6 Å². The van der Waals surface area contributed by atoms with Gasteiger partial charge in [-0.05, 0) is 118 Å². The van der Waals surface area contributed by atoms with Gasteiger partial charge in [-0.15, -0.1) is 6.58 Å². The number of oxime groups is 1. The summed E-state index contributed by atoms with van der Waals surface area (Å²) >= 11 is 0. The number of ether oxygens (including phenoxy) is 5. The summed E-state index contributed by atoms with van der Waals surface area (Å²) in [6.45, 7) is 12.0. The summed E-state index contributed by atoms with van der Waals surface area (Å²) in [7, 11) is 0. The zero-order valence-corrected chi connectivity index (χ0v) is 41.7. The van der Waals surface area contributed by atoms with Crippen molar-refractivity contribution in [3.05, 3.63) is 77.4 Å². The maximum Gasteiger partial charge on any atom is 0.239 e. The third-order valence-corrected chi connectivity index (χ3v) is 14.7. The fourth-order valence-electron chi connectivity index (χ4n) is 11.1. The zero-order chi connectivity index (χ0) is 48.1. The maximum atomic E-state index is 15.0. The molecule has 2 fully saturated rings. The van der Waals surface area contributed by atoms with Crippen LogP contribution in [-0.2, 0) is 23.8 Å². The van der Waals surface area contributed by atoms with E-state index < -0.39 is 24.0 Å². The highest BCUT2D eigenvalue weighted by molar-refractivity contribution is 6.03. The quantitative estimate of drug-likeness (QED) is 0.0379. The van der Waals surface area contributed by atoms with E-state index in [1.165, 1.54) is 44.1 Å². The molecule has 0 spiro atoms. The van der Waals surface area contributed by atoms with Crippen LogP contribution < -0.4 is 9.47 Å². The van der Waals surface area contributed by atoms with Gasteiger partial charge in [0.2, 0.25) is 18.0 Å². The molecule has 1 saturated carbocycles. The number of carbonyl (C=O) groups is 1. The molecule has 2 aromatic carbocycles.